The van der Waals surface area contributed by atoms with Gasteiger partial charge in [0, 0.05) is 6.42 Å². The molecule has 26 heavy (non-hydrogen) atoms. The zero-order valence-corrected chi connectivity index (χ0v) is 14.5. The largest absolute Gasteiger partial charge is 0.461 e. The van der Waals surface area contributed by atoms with Crippen LogP contribution >= 0.6 is 0 Å². The first-order valence-corrected chi connectivity index (χ1v) is 8.17. The Bertz CT molecular complexity index is 791. The number of ether oxygens (including phenoxy) is 1. The molecular formula is C20H21FN2O3. The SMILES string of the molecule is C=C(C/C(=N\Nc1ccccc1F)C(=O)OCC)C(O)c1ccccc1. The van der Waals surface area contributed by atoms with Crippen LogP contribution in [0.15, 0.2) is 71.9 Å². The Morgan fingerprint density at radius 1 is 1.23 bits per heavy atom. The molecule has 0 aliphatic rings. The molecule has 2 rings (SSSR count). The predicted octanol–water partition coefficient (Wildman–Crippen LogP) is 3.84. The molecule has 0 aromatic heterocycles. The molecule has 5 nitrogen and oxygen atoms in total. The summed E-state index contributed by atoms with van der Waals surface area (Å²) in [6, 6.07) is 14.9. The van der Waals surface area contributed by atoms with Crippen molar-refractivity contribution in [2.45, 2.75) is 19.4 Å². The number of aliphatic hydroxyl groups excluding tert-OH is 1. The van der Waals surface area contributed by atoms with E-state index in [4.69, 9.17) is 4.74 Å². The molecule has 1 unspecified atom stereocenters. The van der Waals surface area contributed by atoms with E-state index in [2.05, 4.69) is 17.1 Å². The molecular weight excluding hydrogens is 335 g/mol. The third-order valence-corrected chi connectivity index (χ3v) is 3.59. The summed E-state index contributed by atoms with van der Waals surface area (Å²) < 4.78 is 18.7. The maximum Gasteiger partial charge on any atom is 0.354 e. The van der Waals surface area contributed by atoms with E-state index in [1.165, 1.54) is 12.1 Å². The monoisotopic (exact) mass is 356 g/mol. The molecule has 0 saturated carbocycles. The second-order valence-electron chi connectivity index (χ2n) is 5.52. The molecule has 0 aliphatic carbocycles. The summed E-state index contributed by atoms with van der Waals surface area (Å²) in [4.78, 5) is 12.1. The number of hydrazone groups is 1. The Kier molecular flexibility index (Phi) is 7.05. The highest BCUT2D eigenvalue weighted by Crippen LogP contribution is 2.23. The number of benzene rings is 2. The van der Waals surface area contributed by atoms with Crippen LogP contribution in [0.1, 0.15) is 25.0 Å². The molecule has 2 N–H and O–H groups in total. The van der Waals surface area contributed by atoms with Crippen molar-refractivity contribution in [3.05, 3.63) is 78.1 Å². The zero-order chi connectivity index (χ0) is 18.9. The maximum atomic E-state index is 13.7. The van der Waals surface area contributed by atoms with Crippen LogP contribution in [-0.4, -0.2) is 23.4 Å². The summed E-state index contributed by atoms with van der Waals surface area (Å²) in [5.74, 6) is -1.15. The fourth-order valence-electron chi connectivity index (χ4n) is 2.23. The number of hydrogen-bond acceptors (Lipinski definition) is 5. The molecule has 0 aliphatic heterocycles. The molecule has 0 amide bonds. The number of carbonyl (C=O) groups is 1. The number of carbonyl (C=O) groups excluding carboxylic acids is 1. The van der Waals surface area contributed by atoms with Gasteiger partial charge in [-0.25, -0.2) is 9.18 Å². The molecule has 0 saturated heterocycles. The van der Waals surface area contributed by atoms with Crippen molar-refractivity contribution < 1.29 is 19.0 Å². The molecule has 0 bridgehead atoms. The number of anilines is 1. The van der Waals surface area contributed by atoms with Crippen molar-refractivity contribution in [2.24, 2.45) is 5.10 Å². The summed E-state index contributed by atoms with van der Waals surface area (Å²) in [5.41, 5.74) is 3.68. The van der Waals surface area contributed by atoms with Gasteiger partial charge in [0.25, 0.3) is 0 Å². The Hall–Kier alpha value is -2.99. The summed E-state index contributed by atoms with van der Waals surface area (Å²) in [5, 5.41) is 14.4. The van der Waals surface area contributed by atoms with Gasteiger partial charge in [-0.05, 0) is 30.2 Å². The smallest absolute Gasteiger partial charge is 0.354 e. The van der Waals surface area contributed by atoms with E-state index in [0.29, 0.717) is 11.1 Å². The van der Waals surface area contributed by atoms with E-state index in [9.17, 15) is 14.3 Å². The van der Waals surface area contributed by atoms with Crippen LogP contribution in [0.25, 0.3) is 0 Å². The molecule has 0 heterocycles. The lowest BCUT2D eigenvalue weighted by molar-refractivity contribution is -0.135. The Morgan fingerprint density at radius 2 is 1.88 bits per heavy atom. The van der Waals surface area contributed by atoms with Crippen LogP contribution < -0.4 is 5.43 Å². The molecule has 1 atom stereocenters. The second-order valence-corrected chi connectivity index (χ2v) is 5.52. The van der Waals surface area contributed by atoms with Crippen molar-refractivity contribution >= 4 is 17.4 Å². The van der Waals surface area contributed by atoms with E-state index in [1.807, 2.05) is 6.07 Å². The fourth-order valence-corrected chi connectivity index (χ4v) is 2.23. The molecule has 136 valence electrons. The number of para-hydroxylation sites is 1. The normalized spacial score (nSPS) is 12.3. The molecule has 0 fully saturated rings. The van der Waals surface area contributed by atoms with E-state index < -0.39 is 17.9 Å². The second kappa shape index (κ2) is 9.48. The average Bonchev–Trinajstić information content (AvgIpc) is 2.66. The maximum absolute atomic E-state index is 13.7. The minimum atomic E-state index is -0.954. The van der Waals surface area contributed by atoms with Gasteiger partial charge in [0.15, 0.2) is 0 Å². The summed E-state index contributed by atoms with van der Waals surface area (Å²) in [6.45, 7) is 5.69. The Balaban J connectivity index is 2.16. The van der Waals surface area contributed by atoms with Crippen LogP contribution in [0.4, 0.5) is 10.1 Å². The van der Waals surface area contributed by atoms with Gasteiger partial charge < -0.3 is 9.84 Å². The minimum Gasteiger partial charge on any atom is -0.461 e. The first kappa shape index (κ1) is 19.3. The van der Waals surface area contributed by atoms with Gasteiger partial charge in [0.2, 0.25) is 0 Å². The van der Waals surface area contributed by atoms with Crippen LogP contribution in [-0.2, 0) is 9.53 Å². The molecule has 0 spiro atoms. The molecule has 6 heteroatoms. The first-order chi connectivity index (χ1) is 12.5. The van der Waals surface area contributed by atoms with Crippen molar-refractivity contribution in [2.75, 3.05) is 12.0 Å². The highest BCUT2D eigenvalue weighted by atomic mass is 19.1. The predicted molar refractivity (Wildman–Crippen MR) is 99.2 cm³/mol. The van der Waals surface area contributed by atoms with Crippen LogP contribution in [0.5, 0.6) is 0 Å². The molecule has 0 radical (unpaired) electrons. The number of aliphatic hydroxyl groups is 1. The number of rotatable bonds is 8. The number of halogens is 1. The van der Waals surface area contributed by atoms with Gasteiger partial charge in [-0.1, -0.05) is 49.0 Å². The number of nitrogens with zero attached hydrogens (tertiary/aromatic N) is 1. The summed E-state index contributed by atoms with van der Waals surface area (Å²) in [7, 11) is 0. The third-order valence-electron chi connectivity index (χ3n) is 3.59. The zero-order valence-electron chi connectivity index (χ0n) is 14.5. The quantitative estimate of drug-likeness (QED) is 0.326. The van der Waals surface area contributed by atoms with E-state index in [0.717, 1.165) is 0 Å². The summed E-state index contributed by atoms with van der Waals surface area (Å²) in [6.07, 6.45) is -0.972. The molecule has 2 aromatic carbocycles. The lowest BCUT2D eigenvalue weighted by Crippen LogP contribution is -2.21. The van der Waals surface area contributed by atoms with Gasteiger partial charge in [-0.15, -0.1) is 0 Å². The van der Waals surface area contributed by atoms with E-state index >= 15 is 0 Å². The van der Waals surface area contributed by atoms with Crippen LogP contribution in [0.2, 0.25) is 0 Å². The van der Waals surface area contributed by atoms with Gasteiger partial charge >= 0.3 is 5.97 Å². The number of esters is 1. The summed E-state index contributed by atoms with van der Waals surface area (Å²) >= 11 is 0. The standard InChI is InChI=1S/C20H21FN2O3/c1-3-26-20(25)18(23-22-17-12-8-7-11-16(17)21)13-14(2)19(24)15-9-5-4-6-10-15/h4-12,19,22,24H,2-3,13H2,1H3/b23-18+. The van der Waals surface area contributed by atoms with E-state index in [-0.39, 0.29) is 24.4 Å². The van der Waals surface area contributed by atoms with Crippen molar-refractivity contribution in [3.63, 3.8) is 0 Å². The van der Waals surface area contributed by atoms with Crippen molar-refractivity contribution in [3.8, 4) is 0 Å². The Labute approximate surface area is 151 Å². The van der Waals surface area contributed by atoms with Crippen molar-refractivity contribution in [1.29, 1.82) is 0 Å². The van der Waals surface area contributed by atoms with Gasteiger partial charge in [-0.3, -0.25) is 5.43 Å². The highest BCUT2D eigenvalue weighted by molar-refractivity contribution is 6.37. The topological polar surface area (TPSA) is 70.9 Å². The highest BCUT2D eigenvalue weighted by Gasteiger charge is 2.19. The third kappa shape index (κ3) is 5.26. The lowest BCUT2D eigenvalue weighted by atomic mass is 9.98. The van der Waals surface area contributed by atoms with Gasteiger partial charge in [0.05, 0.1) is 12.3 Å². The average molecular weight is 356 g/mol. The first-order valence-electron chi connectivity index (χ1n) is 8.17. The fraction of sp³-hybridized carbons (Fsp3) is 0.200. The minimum absolute atomic E-state index is 0.00455. The Morgan fingerprint density at radius 3 is 2.54 bits per heavy atom. The van der Waals surface area contributed by atoms with Gasteiger partial charge in [-0.2, -0.15) is 5.10 Å². The van der Waals surface area contributed by atoms with Gasteiger partial charge in [0.1, 0.15) is 17.6 Å². The number of hydrogen-bond donors (Lipinski definition) is 2. The van der Waals surface area contributed by atoms with Crippen molar-refractivity contribution in [1.82, 2.24) is 0 Å². The van der Waals surface area contributed by atoms with Crippen LogP contribution in [0.3, 0.4) is 0 Å². The molecule has 2 aromatic rings. The van der Waals surface area contributed by atoms with E-state index in [1.54, 1.807) is 43.3 Å². The number of nitrogens with one attached hydrogen (secondary N) is 1. The van der Waals surface area contributed by atoms with Crippen LogP contribution in [0, 0.1) is 5.82 Å². The lowest BCUT2D eigenvalue weighted by Gasteiger charge is -2.15.